The second-order valence-electron chi connectivity index (χ2n) is 7.45. The van der Waals surface area contributed by atoms with Gasteiger partial charge in [-0.1, -0.05) is 67.6 Å². The van der Waals surface area contributed by atoms with Gasteiger partial charge in [-0.25, -0.2) is 4.68 Å². The molecule has 0 N–H and O–H groups in total. The Bertz CT molecular complexity index is 699. The Balaban J connectivity index is 1.26. The number of carbonyl (C=O) groups is 1. The molecule has 1 saturated heterocycles. The molecule has 1 amide bonds. The van der Waals surface area contributed by atoms with Crippen molar-refractivity contribution in [2.24, 2.45) is 5.92 Å². The van der Waals surface area contributed by atoms with Crippen LogP contribution < -0.4 is 0 Å². The molecule has 0 radical (unpaired) electrons. The summed E-state index contributed by atoms with van der Waals surface area (Å²) >= 11 is 0. The minimum atomic E-state index is 0.267. The van der Waals surface area contributed by atoms with Crippen molar-refractivity contribution in [3.05, 3.63) is 36.5 Å². The summed E-state index contributed by atoms with van der Waals surface area (Å²) in [6.07, 6.45) is 10.5. The Morgan fingerprint density at radius 3 is 2.60 bits per heavy atom. The summed E-state index contributed by atoms with van der Waals surface area (Å²) in [5.41, 5.74) is 1.97. The lowest BCUT2D eigenvalue weighted by atomic mass is 9.86. The number of rotatable bonds is 5. The van der Waals surface area contributed by atoms with Crippen molar-refractivity contribution in [2.75, 3.05) is 13.1 Å². The summed E-state index contributed by atoms with van der Waals surface area (Å²) in [6.45, 7) is 1.53. The SMILES string of the molecule is O=C(CCC1CCCCC1)N1CC(n2cc(-c3ccccc3)nn2)C1. The topological polar surface area (TPSA) is 51.0 Å². The van der Waals surface area contributed by atoms with E-state index in [0.29, 0.717) is 12.3 Å². The van der Waals surface area contributed by atoms with Crippen molar-refractivity contribution in [2.45, 2.75) is 51.0 Å². The number of aromatic nitrogens is 3. The highest BCUT2D eigenvalue weighted by molar-refractivity contribution is 5.77. The fourth-order valence-electron chi connectivity index (χ4n) is 3.98. The number of likely N-dealkylation sites (tertiary alicyclic amines) is 1. The van der Waals surface area contributed by atoms with E-state index in [1.165, 1.54) is 32.1 Å². The summed E-state index contributed by atoms with van der Waals surface area (Å²) in [5, 5.41) is 8.52. The fourth-order valence-corrected chi connectivity index (χ4v) is 3.98. The van der Waals surface area contributed by atoms with Crippen molar-refractivity contribution in [3.63, 3.8) is 0 Å². The molecule has 0 atom stereocenters. The maximum atomic E-state index is 12.4. The minimum absolute atomic E-state index is 0.267. The molecule has 2 aliphatic rings. The highest BCUT2D eigenvalue weighted by atomic mass is 16.2. The first-order valence-electron chi connectivity index (χ1n) is 9.54. The van der Waals surface area contributed by atoms with Crippen LogP contribution in [-0.2, 0) is 4.79 Å². The molecule has 2 heterocycles. The molecule has 2 aromatic rings. The zero-order chi connectivity index (χ0) is 17.1. The van der Waals surface area contributed by atoms with Crippen LogP contribution in [0.2, 0.25) is 0 Å². The zero-order valence-electron chi connectivity index (χ0n) is 14.7. The van der Waals surface area contributed by atoms with Gasteiger partial charge in [0.1, 0.15) is 5.69 Å². The Hall–Kier alpha value is -2.17. The van der Waals surface area contributed by atoms with E-state index in [1.807, 2.05) is 46.1 Å². The fraction of sp³-hybridized carbons (Fsp3) is 0.550. The molecule has 1 aromatic heterocycles. The molecule has 0 unspecified atom stereocenters. The summed E-state index contributed by atoms with van der Waals surface area (Å²) in [6, 6.07) is 10.3. The van der Waals surface area contributed by atoms with Gasteiger partial charge in [0.25, 0.3) is 0 Å². The molecule has 1 saturated carbocycles. The lowest BCUT2D eigenvalue weighted by Crippen LogP contribution is -2.50. The molecule has 2 fully saturated rings. The van der Waals surface area contributed by atoms with E-state index in [4.69, 9.17) is 0 Å². The van der Waals surface area contributed by atoms with Gasteiger partial charge in [-0.05, 0) is 12.3 Å². The first-order chi connectivity index (χ1) is 12.3. The van der Waals surface area contributed by atoms with E-state index in [9.17, 15) is 4.79 Å². The van der Waals surface area contributed by atoms with E-state index in [2.05, 4.69) is 10.3 Å². The van der Waals surface area contributed by atoms with E-state index in [-0.39, 0.29) is 6.04 Å². The van der Waals surface area contributed by atoms with Crippen LogP contribution in [0.3, 0.4) is 0 Å². The van der Waals surface area contributed by atoms with Gasteiger partial charge in [0.05, 0.1) is 12.2 Å². The maximum absolute atomic E-state index is 12.4. The highest BCUT2D eigenvalue weighted by Gasteiger charge is 2.32. The first kappa shape index (κ1) is 16.3. The van der Waals surface area contributed by atoms with Gasteiger partial charge in [0, 0.05) is 25.1 Å². The van der Waals surface area contributed by atoms with Gasteiger partial charge >= 0.3 is 0 Å². The van der Waals surface area contributed by atoms with E-state index >= 15 is 0 Å². The molecule has 25 heavy (non-hydrogen) atoms. The molecular formula is C20H26N4O. The number of amides is 1. The van der Waals surface area contributed by atoms with E-state index in [0.717, 1.165) is 36.7 Å². The summed E-state index contributed by atoms with van der Waals surface area (Å²) in [4.78, 5) is 14.3. The van der Waals surface area contributed by atoms with Crippen LogP contribution in [0.4, 0.5) is 0 Å². The molecule has 1 aliphatic carbocycles. The molecule has 5 nitrogen and oxygen atoms in total. The average Bonchev–Trinajstić information content (AvgIpc) is 3.10. The number of hydrogen-bond donors (Lipinski definition) is 0. The van der Waals surface area contributed by atoms with Crippen LogP contribution in [0.1, 0.15) is 51.0 Å². The molecule has 0 bridgehead atoms. The lowest BCUT2D eigenvalue weighted by molar-refractivity contribution is -0.137. The van der Waals surface area contributed by atoms with Crippen LogP contribution in [0.15, 0.2) is 36.5 Å². The smallest absolute Gasteiger partial charge is 0.222 e. The number of hydrogen-bond acceptors (Lipinski definition) is 3. The number of carbonyl (C=O) groups excluding carboxylic acids is 1. The van der Waals surface area contributed by atoms with Crippen molar-refractivity contribution in [1.82, 2.24) is 19.9 Å². The number of nitrogens with zero attached hydrogens (tertiary/aromatic N) is 4. The van der Waals surface area contributed by atoms with Crippen LogP contribution in [0.5, 0.6) is 0 Å². The largest absolute Gasteiger partial charge is 0.338 e. The predicted molar refractivity (Wildman–Crippen MR) is 96.9 cm³/mol. The van der Waals surface area contributed by atoms with Crippen molar-refractivity contribution in [1.29, 1.82) is 0 Å². The second kappa shape index (κ2) is 7.38. The van der Waals surface area contributed by atoms with Crippen LogP contribution in [-0.4, -0.2) is 38.9 Å². The average molecular weight is 338 g/mol. The monoisotopic (exact) mass is 338 g/mol. The molecule has 132 valence electrons. The summed E-state index contributed by atoms with van der Waals surface area (Å²) in [5.74, 6) is 1.09. The maximum Gasteiger partial charge on any atom is 0.222 e. The van der Waals surface area contributed by atoms with Crippen molar-refractivity contribution in [3.8, 4) is 11.3 Å². The summed E-state index contributed by atoms with van der Waals surface area (Å²) < 4.78 is 1.91. The van der Waals surface area contributed by atoms with Crippen LogP contribution >= 0.6 is 0 Å². The molecule has 4 rings (SSSR count). The van der Waals surface area contributed by atoms with Gasteiger partial charge in [-0.3, -0.25) is 4.79 Å². The second-order valence-corrected chi connectivity index (χ2v) is 7.45. The standard InChI is InChI=1S/C20H26N4O/c25-20(12-11-16-7-3-1-4-8-16)23-13-18(14-23)24-15-19(21-22-24)17-9-5-2-6-10-17/h2,5-6,9-10,15-16,18H,1,3-4,7-8,11-14H2. The van der Waals surface area contributed by atoms with Crippen LogP contribution in [0.25, 0.3) is 11.3 Å². The lowest BCUT2D eigenvalue weighted by Gasteiger charge is -2.39. The quantitative estimate of drug-likeness (QED) is 0.835. The van der Waals surface area contributed by atoms with Gasteiger partial charge in [-0.2, -0.15) is 0 Å². The van der Waals surface area contributed by atoms with Gasteiger partial charge < -0.3 is 4.90 Å². The Morgan fingerprint density at radius 1 is 1.08 bits per heavy atom. The van der Waals surface area contributed by atoms with Gasteiger partial charge in [0.15, 0.2) is 0 Å². The van der Waals surface area contributed by atoms with Gasteiger partial charge in [0.2, 0.25) is 5.91 Å². The molecule has 5 heteroatoms. The normalized spacial score (nSPS) is 19.0. The van der Waals surface area contributed by atoms with Crippen molar-refractivity contribution < 1.29 is 4.79 Å². The Labute approximate surface area is 149 Å². The van der Waals surface area contributed by atoms with E-state index < -0.39 is 0 Å². The first-order valence-corrected chi connectivity index (χ1v) is 9.54. The molecular weight excluding hydrogens is 312 g/mol. The Kier molecular flexibility index (Phi) is 4.81. The molecule has 0 spiro atoms. The highest BCUT2D eigenvalue weighted by Crippen LogP contribution is 2.29. The third-order valence-corrected chi connectivity index (χ3v) is 5.66. The predicted octanol–water partition coefficient (Wildman–Crippen LogP) is 3.69. The van der Waals surface area contributed by atoms with Crippen molar-refractivity contribution >= 4 is 5.91 Å². The minimum Gasteiger partial charge on any atom is -0.338 e. The van der Waals surface area contributed by atoms with E-state index in [1.54, 1.807) is 0 Å². The molecule has 1 aromatic carbocycles. The van der Waals surface area contributed by atoms with Crippen LogP contribution in [0, 0.1) is 5.92 Å². The number of benzene rings is 1. The summed E-state index contributed by atoms with van der Waals surface area (Å²) in [7, 11) is 0. The third kappa shape index (κ3) is 3.75. The Morgan fingerprint density at radius 2 is 1.84 bits per heavy atom. The molecule has 1 aliphatic heterocycles. The van der Waals surface area contributed by atoms with Gasteiger partial charge in [-0.15, -0.1) is 5.10 Å². The third-order valence-electron chi connectivity index (χ3n) is 5.66. The zero-order valence-corrected chi connectivity index (χ0v) is 14.7.